The Kier molecular flexibility index (Phi) is 5.21. The second kappa shape index (κ2) is 6.29. The van der Waals surface area contributed by atoms with Gasteiger partial charge in [0.25, 0.3) is 0 Å². The van der Waals surface area contributed by atoms with E-state index in [2.05, 4.69) is 19.1 Å². The molecule has 0 spiro atoms. The fourth-order valence-corrected chi connectivity index (χ4v) is 1.40. The molecule has 0 bridgehead atoms. The third kappa shape index (κ3) is 6.09. The zero-order valence-corrected chi connectivity index (χ0v) is 12.0. The minimum atomic E-state index is -4.43. The van der Waals surface area contributed by atoms with Crippen molar-refractivity contribution in [1.82, 2.24) is 9.97 Å². The van der Waals surface area contributed by atoms with Crippen LogP contribution in [-0.2, 0) is 11.0 Å². The van der Waals surface area contributed by atoms with Crippen molar-refractivity contribution in [3.05, 3.63) is 18.1 Å². The van der Waals surface area contributed by atoms with Gasteiger partial charge in [0.05, 0.1) is 23.4 Å². The lowest BCUT2D eigenvalue weighted by atomic mass is 10.3. The Labute approximate surface area is 116 Å². The highest BCUT2D eigenvalue weighted by molar-refractivity contribution is 7.85. The third-order valence-corrected chi connectivity index (χ3v) is 3.18. The van der Waals surface area contributed by atoms with Gasteiger partial charge in [-0.3, -0.25) is 0 Å². The van der Waals surface area contributed by atoms with E-state index in [0.717, 1.165) is 6.20 Å². The van der Waals surface area contributed by atoms with Gasteiger partial charge in [-0.1, -0.05) is 0 Å². The molecule has 1 heterocycles. The smallest absolute Gasteiger partial charge is 0.422 e. The molecular weight excluding hydrogens is 295 g/mol. The van der Waals surface area contributed by atoms with Crippen LogP contribution in [0.25, 0.3) is 0 Å². The SMILES string of the molecule is CC(C)(C)S(=O)N=Cc1cnc(OCC(F)(F)F)cn1. The van der Waals surface area contributed by atoms with Crippen molar-refractivity contribution in [2.45, 2.75) is 31.7 Å². The van der Waals surface area contributed by atoms with Crippen LogP contribution in [0.3, 0.4) is 0 Å². The van der Waals surface area contributed by atoms with E-state index in [1.165, 1.54) is 12.4 Å². The fraction of sp³-hybridized carbons (Fsp3) is 0.545. The number of rotatable bonds is 4. The second-order valence-corrected chi connectivity index (χ2v) is 6.71. The first-order valence-corrected chi connectivity index (χ1v) is 6.66. The van der Waals surface area contributed by atoms with Crippen molar-refractivity contribution in [2.75, 3.05) is 6.61 Å². The van der Waals surface area contributed by atoms with Gasteiger partial charge in [0, 0.05) is 0 Å². The average molecular weight is 309 g/mol. The summed E-state index contributed by atoms with van der Waals surface area (Å²) in [5.74, 6) is -0.239. The van der Waals surface area contributed by atoms with E-state index in [4.69, 9.17) is 0 Å². The topological polar surface area (TPSA) is 64.4 Å². The first-order valence-electron chi connectivity index (χ1n) is 5.55. The molecule has 9 heteroatoms. The van der Waals surface area contributed by atoms with Gasteiger partial charge in [0.2, 0.25) is 5.88 Å². The fourth-order valence-electron chi connectivity index (χ4n) is 0.883. The van der Waals surface area contributed by atoms with Gasteiger partial charge in [-0.25, -0.2) is 14.2 Å². The number of aromatic nitrogens is 2. The molecule has 1 aromatic rings. The Balaban J connectivity index is 2.63. The number of hydrogen-bond donors (Lipinski definition) is 0. The van der Waals surface area contributed by atoms with Crippen LogP contribution in [-0.4, -0.2) is 37.9 Å². The molecule has 1 atom stereocenters. The zero-order chi connectivity index (χ0) is 15.4. The number of ether oxygens (including phenoxy) is 1. The van der Waals surface area contributed by atoms with E-state index in [1.807, 2.05) is 0 Å². The highest BCUT2D eigenvalue weighted by atomic mass is 32.2. The molecular formula is C11H14F3N3O2S. The predicted molar refractivity (Wildman–Crippen MR) is 69.1 cm³/mol. The van der Waals surface area contributed by atoms with Gasteiger partial charge in [0.15, 0.2) is 6.61 Å². The highest BCUT2D eigenvalue weighted by Gasteiger charge is 2.28. The molecule has 0 aliphatic heterocycles. The van der Waals surface area contributed by atoms with Crippen molar-refractivity contribution in [3.63, 3.8) is 0 Å². The van der Waals surface area contributed by atoms with Crippen LogP contribution in [0, 0.1) is 0 Å². The molecule has 0 aliphatic rings. The quantitative estimate of drug-likeness (QED) is 0.801. The Bertz CT molecular complexity index is 495. The minimum absolute atomic E-state index is 0.239. The van der Waals surface area contributed by atoms with Gasteiger partial charge in [-0.2, -0.15) is 17.6 Å². The summed E-state index contributed by atoms with van der Waals surface area (Å²) in [6, 6.07) is 0. The standard InChI is InChI=1S/C11H14F3N3O2S/c1-10(2,3)20(18)17-5-8-4-16-9(6-15-8)19-7-11(12,13)14/h4-6H,7H2,1-3H3. The predicted octanol–water partition coefficient (Wildman–Crippen LogP) is 2.30. The second-order valence-electron chi connectivity index (χ2n) is 4.78. The van der Waals surface area contributed by atoms with Crippen LogP contribution in [0.15, 0.2) is 16.8 Å². The Hall–Kier alpha value is -1.51. The molecule has 112 valence electrons. The van der Waals surface area contributed by atoms with Crippen molar-refractivity contribution < 1.29 is 22.1 Å². The van der Waals surface area contributed by atoms with Crippen LogP contribution in [0.2, 0.25) is 0 Å². The van der Waals surface area contributed by atoms with Gasteiger partial charge in [-0.05, 0) is 20.8 Å². The summed E-state index contributed by atoms with van der Waals surface area (Å²) >= 11 is 0. The summed E-state index contributed by atoms with van der Waals surface area (Å²) in [6.07, 6.45) is -0.935. The van der Waals surface area contributed by atoms with Crippen LogP contribution >= 0.6 is 0 Å². The van der Waals surface area contributed by atoms with E-state index in [-0.39, 0.29) is 11.6 Å². The first kappa shape index (κ1) is 16.5. The molecule has 0 N–H and O–H groups in total. The van der Waals surface area contributed by atoms with Crippen LogP contribution in [0.5, 0.6) is 5.88 Å². The van der Waals surface area contributed by atoms with Crippen LogP contribution in [0.4, 0.5) is 13.2 Å². The Morgan fingerprint density at radius 3 is 2.40 bits per heavy atom. The number of hydrogen-bond acceptors (Lipinski definition) is 4. The molecule has 0 saturated heterocycles. The maximum absolute atomic E-state index is 11.9. The van der Waals surface area contributed by atoms with E-state index >= 15 is 0 Å². The summed E-state index contributed by atoms with van der Waals surface area (Å²) in [6.45, 7) is 3.86. The van der Waals surface area contributed by atoms with Gasteiger partial charge >= 0.3 is 6.18 Å². The number of alkyl halides is 3. The molecule has 0 saturated carbocycles. The van der Waals surface area contributed by atoms with Gasteiger partial charge in [0.1, 0.15) is 16.7 Å². The summed E-state index contributed by atoms with van der Waals surface area (Å²) in [5.41, 5.74) is 0.280. The molecule has 1 unspecified atom stereocenters. The van der Waals surface area contributed by atoms with E-state index < -0.39 is 28.5 Å². The molecule has 0 fully saturated rings. The summed E-state index contributed by atoms with van der Waals surface area (Å²) in [7, 11) is -1.44. The van der Waals surface area contributed by atoms with Gasteiger partial charge < -0.3 is 4.74 Å². The summed E-state index contributed by atoms with van der Waals surface area (Å²) in [5, 5.41) is 0. The van der Waals surface area contributed by atoms with Crippen molar-refractivity contribution in [1.29, 1.82) is 0 Å². The minimum Gasteiger partial charge on any atom is -0.467 e. The first-order chi connectivity index (χ1) is 9.08. The Morgan fingerprint density at radius 1 is 1.30 bits per heavy atom. The summed E-state index contributed by atoms with van der Waals surface area (Å²) < 4.78 is 55.1. The lowest BCUT2D eigenvalue weighted by Gasteiger charge is -2.12. The maximum Gasteiger partial charge on any atom is 0.422 e. The third-order valence-electron chi connectivity index (χ3n) is 1.84. The normalized spacial score (nSPS) is 14.5. The monoisotopic (exact) mass is 309 g/mol. The number of nitrogens with zero attached hydrogens (tertiary/aromatic N) is 3. The molecule has 0 radical (unpaired) electrons. The van der Waals surface area contributed by atoms with Crippen LogP contribution in [0.1, 0.15) is 26.5 Å². The van der Waals surface area contributed by atoms with E-state index in [9.17, 15) is 17.4 Å². The summed E-state index contributed by atoms with van der Waals surface area (Å²) in [4.78, 5) is 7.44. The maximum atomic E-state index is 11.9. The average Bonchev–Trinajstić information content (AvgIpc) is 2.32. The molecule has 1 rings (SSSR count). The molecule has 0 aromatic carbocycles. The lowest BCUT2D eigenvalue weighted by Crippen LogP contribution is -2.20. The van der Waals surface area contributed by atoms with E-state index in [1.54, 1.807) is 20.8 Å². The van der Waals surface area contributed by atoms with Crippen molar-refractivity contribution in [2.24, 2.45) is 4.40 Å². The van der Waals surface area contributed by atoms with Gasteiger partial charge in [-0.15, -0.1) is 0 Å². The van der Waals surface area contributed by atoms with Crippen molar-refractivity contribution >= 4 is 17.2 Å². The highest BCUT2D eigenvalue weighted by Crippen LogP contribution is 2.16. The molecule has 5 nitrogen and oxygen atoms in total. The van der Waals surface area contributed by atoms with E-state index in [0.29, 0.717) is 0 Å². The lowest BCUT2D eigenvalue weighted by molar-refractivity contribution is -0.154. The molecule has 1 aromatic heterocycles. The largest absolute Gasteiger partial charge is 0.467 e. The number of halogens is 3. The zero-order valence-electron chi connectivity index (χ0n) is 11.1. The molecule has 0 amide bonds. The molecule has 0 aliphatic carbocycles. The molecule has 20 heavy (non-hydrogen) atoms. The Morgan fingerprint density at radius 2 is 1.95 bits per heavy atom. The van der Waals surface area contributed by atoms with Crippen LogP contribution < -0.4 is 4.74 Å². The van der Waals surface area contributed by atoms with Crippen molar-refractivity contribution in [3.8, 4) is 5.88 Å².